The van der Waals surface area contributed by atoms with E-state index in [0.29, 0.717) is 17.4 Å². The van der Waals surface area contributed by atoms with E-state index in [1.54, 1.807) is 29.5 Å². The summed E-state index contributed by atoms with van der Waals surface area (Å²) in [7, 11) is 0. The van der Waals surface area contributed by atoms with Crippen LogP contribution in [0.3, 0.4) is 0 Å². The Morgan fingerprint density at radius 1 is 1.29 bits per heavy atom. The molecule has 144 valence electrons. The summed E-state index contributed by atoms with van der Waals surface area (Å²) in [6, 6.07) is 9.15. The molecule has 1 aliphatic rings. The number of pyridine rings is 1. The highest BCUT2D eigenvalue weighted by Crippen LogP contribution is 2.35. The standard InChI is InChI=1S/C21H21N3O3S/c1-2-17-14-8-10-28-18(14)7-9-24(17)19(25)12-23-21(27)15-11-22-16-6-4-3-5-13(16)20(15)26/h3-6,8,10-11,17H,2,7,9,12H2,1H3,(H,22,26)(H,23,27)/t17-/m1/s1. The molecule has 2 aromatic heterocycles. The molecule has 0 saturated heterocycles. The lowest BCUT2D eigenvalue weighted by Crippen LogP contribution is -2.45. The zero-order chi connectivity index (χ0) is 19.7. The van der Waals surface area contributed by atoms with Gasteiger partial charge in [0.1, 0.15) is 5.56 Å². The molecule has 3 aromatic rings. The quantitative estimate of drug-likeness (QED) is 0.713. The Kier molecular flexibility index (Phi) is 5.00. The van der Waals surface area contributed by atoms with Crippen LogP contribution in [0.1, 0.15) is 40.2 Å². The SMILES string of the molecule is CC[C@@H]1c2ccsc2CCN1C(=O)CNC(=O)c1c[nH]c2ccccc2c1=O. The van der Waals surface area contributed by atoms with Crippen LogP contribution in [0.5, 0.6) is 0 Å². The zero-order valence-electron chi connectivity index (χ0n) is 15.5. The van der Waals surface area contributed by atoms with Crippen LogP contribution >= 0.6 is 11.3 Å². The van der Waals surface area contributed by atoms with Gasteiger partial charge in [0.15, 0.2) is 0 Å². The first-order valence-corrected chi connectivity index (χ1v) is 10.2. The molecule has 1 aromatic carbocycles. The molecule has 0 fully saturated rings. The number of aromatic nitrogens is 1. The number of aromatic amines is 1. The van der Waals surface area contributed by atoms with Gasteiger partial charge in [-0.05, 0) is 42.0 Å². The second kappa shape index (κ2) is 7.59. The Hall–Kier alpha value is -2.93. The van der Waals surface area contributed by atoms with E-state index in [-0.39, 0.29) is 29.5 Å². The van der Waals surface area contributed by atoms with Gasteiger partial charge in [0, 0.05) is 28.5 Å². The van der Waals surface area contributed by atoms with Crippen molar-refractivity contribution in [2.24, 2.45) is 0 Å². The number of benzene rings is 1. The second-order valence-corrected chi connectivity index (χ2v) is 7.82. The van der Waals surface area contributed by atoms with Gasteiger partial charge in [-0.2, -0.15) is 0 Å². The molecule has 0 radical (unpaired) electrons. The molecule has 1 aliphatic heterocycles. The Morgan fingerprint density at radius 3 is 2.93 bits per heavy atom. The predicted octanol–water partition coefficient (Wildman–Crippen LogP) is 2.86. The van der Waals surface area contributed by atoms with Gasteiger partial charge in [0.05, 0.1) is 12.6 Å². The number of carbonyl (C=O) groups is 2. The molecule has 2 amide bonds. The van der Waals surface area contributed by atoms with E-state index in [1.807, 2.05) is 11.0 Å². The first-order chi connectivity index (χ1) is 13.6. The van der Waals surface area contributed by atoms with Crippen molar-refractivity contribution >= 4 is 34.1 Å². The van der Waals surface area contributed by atoms with Crippen LogP contribution in [0.15, 0.2) is 46.7 Å². The van der Waals surface area contributed by atoms with E-state index in [9.17, 15) is 14.4 Å². The number of hydrogen-bond acceptors (Lipinski definition) is 4. The summed E-state index contributed by atoms with van der Waals surface area (Å²) in [6.45, 7) is 2.59. The highest BCUT2D eigenvalue weighted by Gasteiger charge is 2.30. The molecular formula is C21H21N3O3S. The molecular weight excluding hydrogens is 374 g/mol. The molecule has 0 saturated carbocycles. The molecule has 0 bridgehead atoms. The molecule has 0 spiro atoms. The first kappa shape index (κ1) is 18.4. The molecule has 4 rings (SSSR count). The van der Waals surface area contributed by atoms with Crippen molar-refractivity contribution in [2.45, 2.75) is 25.8 Å². The Bertz CT molecular complexity index is 1100. The van der Waals surface area contributed by atoms with Gasteiger partial charge in [0.2, 0.25) is 11.3 Å². The van der Waals surface area contributed by atoms with Gasteiger partial charge >= 0.3 is 0 Å². The molecule has 2 N–H and O–H groups in total. The smallest absolute Gasteiger partial charge is 0.257 e. The van der Waals surface area contributed by atoms with Crippen LogP contribution in [0.2, 0.25) is 0 Å². The monoisotopic (exact) mass is 395 g/mol. The minimum atomic E-state index is -0.540. The fourth-order valence-corrected chi connectivity index (χ4v) is 4.75. The summed E-state index contributed by atoms with van der Waals surface area (Å²) in [6.07, 6.45) is 3.07. The number of thiophene rings is 1. The lowest BCUT2D eigenvalue weighted by atomic mass is 9.98. The number of carbonyl (C=O) groups excluding carboxylic acids is 2. The third kappa shape index (κ3) is 3.22. The summed E-state index contributed by atoms with van der Waals surface area (Å²) in [5.74, 6) is -0.670. The lowest BCUT2D eigenvalue weighted by molar-refractivity contribution is -0.133. The van der Waals surface area contributed by atoms with Crippen molar-refractivity contribution in [3.8, 4) is 0 Å². The number of rotatable bonds is 4. The molecule has 1 atom stereocenters. The normalized spacial score (nSPS) is 16.0. The van der Waals surface area contributed by atoms with Crippen LogP contribution in [0.25, 0.3) is 10.9 Å². The van der Waals surface area contributed by atoms with Gasteiger partial charge in [-0.1, -0.05) is 19.1 Å². The number of hydrogen-bond donors (Lipinski definition) is 2. The first-order valence-electron chi connectivity index (χ1n) is 9.34. The van der Waals surface area contributed by atoms with Crippen molar-refractivity contribution in [3.63, 3.8) is 0 Å². The highest BCUT2D eigenvalue weighted by atomic mass is 32.1. The molecule has 6 nitrogen and oxygen atoms in total. The maximum Gasteiger partial charge on any atom is 0.257 e. The van der Waals surface area contributed by atoms with Crippen LogP contribution in [0, 0.1) is 0 Å². The molecule has 28 heavy (non-hydrogen) atoms. The predicted molar refractivity (Wildman–Crippen MR) is 110 cm³/mol. The van der Waals surface area contributed by atoms with E-state index in [0.717, 1.165) is 12.8 Å². The molecule has 0 aliphatic carbocycles. The van der Waals surface area contributed by atoms with E-state index in [2.05, 4.69) is 28.7 Å². The third-order valence-electron chi connectivity index (χ3n) is 5.24. The number of para-hydroxylation sites is 1. The Labute approximate surface area is 166 Å². The zero-order valence-corrected chi connectivity index (χ0v) is 16.3. The van der Waals surface area contributed by atoms with Crippen molar-refractivity contribution in [1.29, 1.82) is 0 Å². The van der Waals surface area contributed by atoms with Gasteiger partial charge in [-0.25, -0.2) is 0 Å². The van der Waals surface area contributed by atoms with Crippen molar-refractivity contribution in [1.82, 2.24) is 15.2 Å². The van der Waals surface area contributed by atoms with Crippen molar-refractivity contribution in [3.05, 3.63) is 68.1 Å². The minimum absolute atomic E-state index is 0.0114. The largest absolute Gasteiger partial charge is 0.360 e. The highest BCUT2D eigenvalue weighted by molar-refractivity contribution is 7.10. The maximum absolute atomic E-state index is 12.8. The number of fused-ring (bicyclic) bond motifs is 2. The summed E-state index contributed by atoms with van der Waals surface area (Å²) in [4.78, 5) is 43.9. The molecule has 7 heteroatoms. The van der Waals surface area contributed by atoms with E-state index in [1.165, 1.54) is 16.6 Å². The number of H-pyrrole nitrogens is 1. The maximum atomic E-state index is 12.8. The van der Waals surface area contributed by atoms with Gasteiger partial charge in [-0.3, -0.25) is 14.4 Å². The van der Waals surface area contributed by atoms with Crippen LogP contribution in [-0.4, -0.2) is 34.8 Å². The number of amides is 2. The van der Waals surface area contributed by atoms with Gasteiger partial charge < -0.3 is 15.2 Å². The van der Waals surface area contributed by atoms with Crippen LogP contribution < -0.4 is 10.7 Å². The summed E-state index contributed by atoms with van der Waals surface area (Å²) in [5, 5.41) is 5.13. The number of nitrogens with zero attached hydrogens (tertiary/aromatic N) is 1. The molecule has 0 unspecified atom stereocenters. The van der Waals surface area contributed by atoms with Crippen molar-refractivity contribution < 1.29 is 9.59 Å². The van der Waals surface area contributed by atoms with E-state index < -0.39 is 5.91 Å². The fourth-order valence-electron chi connectivity index (χ4n) is 3.82. The average molecular weight is 395 g/mol. The Morgan fingerprint density at radius 2 is 2.11 bits per heavy atom. The second-order valence-electron chi connectivity index (χ2n) is 6.82. The van der Waals surface area contributed by atoms with Crippen molar-refractivity contribution in [2.75, 3.05) is 13.1 Å². The Balaban J connectivity index is 1.47. The topological polar surface area (TPSA) is 82.3 Å². The van der Waals surface area contributed by atoms with Crippen LogP contribution in [0.4, 0.5) is 0 Å². The third-order valence-corrected chi connectivity index (χ3v) is 6.23. The number of nitrogens with one attached hydrogen (secondary N) is 2. The summed E-state index contributed by atoms with van der Waals surface area (Å²) < 4.78 is 0. The van der Waals surface area contributed by atoms with E-state index >= 15 is 0 Å². The van der Waals surface area contributed by atoms with Gasteiger partial charge in [-0.15, -0.1) is 11.3 Å². The summed E-state index contributed by atoms with van der Waals surface area (Å²) >= 11 is 1.73. The lowest BCUT2D eigenvalue weighted by Gasteiger charge is -2.35. The summed E-state index contributed by atoms with van der Waals surface area (Å²) in [5.41, 5.74) is 1.55. The molecule has 3 heterocycles. The minimum Gasteiger partial charge on any atom is -0.360 e. The van der Waals surface area contributed by atoms with Gasteiger partial charge in [0.25, 0.3) is 5.91 Å². The average Bonchev–Trinajstić information content (AvgIpc) is 3.20. The fraction of sp³-hybridized carbons (Fsp3) is 0.286. The van der Waals surface area contributed by atoms with Crippen LogP contribution in [-0.2, 0) is 11.2 Å². The van der Waals surface area contributed by atoms with E-state index in [4.69, 9.17) is 0 Å².